The van der Waals surface area contributed by atoms with Gasteiger partial charge in [0.15, 0.2) is 11.6 Å². The van der Waals surface area contributed by atoms with E-state index in [0.29, 0.717) is 0 Å². The molecule has 0 aromatic heterocycles. The van der Waals surface area contributed by atoms with Crippen molar-refractivity contribution in [2.45, 2.75) is 13.8 Å². The van der Waals surface area contributed by atoms with Gasteiger partial charge in [0.1, 0.15) is 5.82 Å². The van der Waals surface area contributed by atoms with Crippen LogP contribution < -0.4 is 5.73 Å². The Bertz CT molecular complexity index is 378. The zero-order chi connectivity index (χ0) is 10.9. The second-order valence-corrected chi connectivity index (χ2v) is 3.03. The highest BCUT2D eigenvalue weighted by Crippen LogP contribution is 2.18. The summed E-state index contributed by atoms with van der Waals surface area (Å²) in [6.07, 6.45) is 0. The molecular formula is C10H10FNO2. The Kier molecular flexibility index (Phi) is 2.65. The van der Waals surface area contributed by atoms with Crippen molar-refractivity contribution in [1.82, 2.24) is 0 Å². The number of nitrogen functional groups attached to an aromatic ring is 1. The van der Waals surface area contributed by atoms with E-state index in [1.54, 1.807) is 0 Å². The number of carbonyl (C=O) groups is 2. The van der Waals surface area contributed by atoms with E-state index in [1.807, 2.05) is 0 Å². The Morgan fingerprint density at radius 1 is 1.14 bits per heavy atom. The van der Waals surface area contributed by atoms with Gasteiger partial charge in [-0.05, 0) is 26.0 Å². The van der Waals surface area contributed by atoms with Crippen LogP contribution in [0.4, 0.5) is 10.1 Å². The molecule has 0 radical (unpaired) electrons. The van der Waals surface area contributed by atoms with Gasteiger partial charge in [0.05, 0.1) is 5.56 Å². The molecule has 0 saturated carbocycles. The van der Waals surface area contributed by atoms with Crippen molar-refractivity contribution in [3.05, 3.63) is 29.1 Å². The lowest BCUT2D eigenvalue weighted by Crippen LogP contribution is -2.05. The average Bonchev–Trinajstić information content (AvgIpc) is 2.02. The Hall–Kier alpha value is -1.71. The predicted molar refractivity (Wildman–Crippen MR) is 50.8 cm³/mol. The first kappa shape index (κ1) is 10.4. The Morgan fingerprint density at radius 3 is 2.07 bits per heavy atom. The Morgan fingerprint density at radius 2 is 1.64 bits per heavy atom. The van der Waals surface area contributed by atoms with E-state index in [4.69, 9.17) is 5.73 Å². The molecule has 3 nitrogen and oxygen atoms in total. The molecule has 0 atom stereocenters. The van der Waals surface area contributed by atoms with Gasteiger partial charge in [-0.2, -0.15) is 0 Å². The van der Waals surface area contributed by atoms with Crippen molar-refractivity contribution in [1.29, 1.82) is 0 Å². The zero-order valence-corrected chi connectivity index (χ0v) is 7.93. The van der Waals surface area contributed by atoms with Crippen LogP contribution in [0, 0.1) is 5.82 Å². The number of halogens is 1. The second-order valence-electron chi connectivity index (χ2n) is 3.03. The largest absolute Gasteiger partial charge is 0.398 e. The molecule has 1 aromatic rings. The third-order valence-corrected chi connectivity index (χ3v) is 1.90. The van der Waals surface area contributed by atoms with Crippen LogP contribution in [0.1, 0.15) is 34.6 Å². The first-order valence-electron chi connectivity index (χ1n) is 4.04. The highest BCUT2D eigenvalue weighted by molar-refractivity contribution is 6.03. The van der Waals surface area contributed by atoms with E-state index < -0.39 is 11.6 Å². The third kappa shape index (κ3) is 1.79. The SMILES string of the molecule is CC(=O)c1cc(C(C)=O)c(F)cc1N. The van der Waals surface area contributed by atoms with Crippen LogP contribution in [0.2, 0.25) is 0 Å². The molecule has 0 bridgehead atoms. The summed E-state index contributed by atoms with van der Waals surface area (Å²) in [4.78, 5) is 22.0. The van der Waals surface area contributed by atoms with Gasteiger partial charge in [-0.3, -0.25) is 9.59 Å². The van der Waals surface area contributed by atoms with Crippen molar-refractivity contribution in [2.24, 2.45) is 0 Å². The highest BCUT2D eigenvalue weighted by Gasteiger charge is 2.13. The van der Waals surface area contributed by atoms with Crippen molar-refractivity contribution in [3.63, 3.8) is 0 Å². The van der Waals surface area contributed by atoms with Crippen LogP contribution >= 0.6 is 0 Å². The van der Waals surface area contributed by atoms with Crippen LogP contribution in [-0.2, 0) is 0 Å². The van der Waals surface area contributed by atoms with Gasteiger partial charge in [0.2, 0.25) is 0 Å². The maximum atomic E-state index is 13.1. The fraction of sp³-hybridized carbons (Fsp3) is 0.200. The molecule has 2 N–H and O–H groups in total. The fourth-order valence-electron chi connectivity index (χ4n) is 1.16. The maximum Gasteiger partial charge on any atom is 0.162 e. The van der Waals surface area contributed by atoms with Gasteiger partial charge < -0.3 is 5.73 Å². The number of hydrogen-bond donors (Lipinski definition) is 1. The molecule has 0 aliphatic rings. The molecule has 1 rings (SSSR count). The van der Waals surface area contributed by atoms with Crippen LogP contribution in [0.3, 0.4) is 0 Å². The maximum absolute atomic E-state index is 13.1. The number of ketones is 2. The molecule has 1 aromatic carbocycles. The lowest BCUT2D eigenvalue weighted by Gasteiger charge is -2.05. The van der Waals surface area contributed by atoms with E-state index in [0.717, 1.165) is 6.07 Å². The number of Topliss-reactive ketones (excluding diaryl/α,β-unsaturated/α-hetero) is 2. The molecule has 74 valence electrons. The first-order chi connectivity index (χ1) is 6.43. The summed E-state index contributed by atoms with van der Waals surface area (Å²) in [5.74, 6) is -1.41. The minimum Gasteiger partial charge on any atom is -0.398 e. The van der Waals surface area contributed by atoms with Crippen molar-refractivity contribution >= 4 is 17.3 Å². The summed E-state index contributed by atoms with van der Waals surface area (Å²) >= 11 is 0. The minimum absolute atomic E-state index is 0.0556. The second kappa shape index (κ2) is 3.57. The molecular weight excluding hydrogens is 185 g/mol. The third-order valence-electron chi connectivity index (χ3n) is 1.90. The minimum atomic E-state index is -0.694. The monoisotopic (exact) mass is 195 g/mol. The molecule has 0 heterocycles. The molecule has 0 fully saturated rings. The topological polar surface area (TPSA) is 60.2 Å². The highest BCUT2D eigenvalue weighted by atomic mass is 19.1. The molecule has 0 aliphatic heterocycles. The van der Waals surface area contributed by atoms with E-state index >= 15 is 0 Å². The number of anilines is 1. The number of carbonyl (C=O) groups excluding carboxylic acids is 2. The number of hydrogen-bond acceptors (Lipinski definition) is 3. The van der Waals surface area contributed by atoms with Gasteiger partial charge in [0, 0.05) is 11.3 Å². The summed E-state index contributed by atoms with van der Waals surface area (Å²) in [5, 5.41) is 0. The van der Waals surface area contributed by atoms with E-state index in [9.17, 15) is 14.0 Å². The fourth-order valence-corrected chi connectivity index (χ4v) is 1.16. The van der Waals surface area contributed by atoms with Gasteiger partial charge in [-0.15, -0.1) is 0 Å². The first-order valence-corrected chi connectivity index (χ1v) is 4.04. The van der Waals surface area contributed by atoms with Gasteiger partial charge >= 0.3 is 0 Å². The van der Waals surface area contributed by atoms with Crippen molar-refractivity contribution in [2.75, 3.05) is 5.73 Å². The number of benzene rings is 1. The molecule has 4 heteroatoms. The van der Waals surface area contributed by atoms with E-state index in [1.165, 1.54) is 19.9 Å². The van der Waals surface area contributed by atoms with Crippen molar-refractivity contribution < 1.29 is 14.0 Å². The Balaban J connectivity index is 3.42. The molecule has 0 saturated heterocycles. The van der Waals surface area contributed by atoms with Crippen LogP contribution in [0.5, 0.6) is 0 Å². The Labute approximate surface area is 80.7 Å². The number of rotatable bonds is 2. The van der Waals surface area contributed by atoms with Crippen LogP contribution in [0.15, 0.2) is 12.1 Å². The van der Waals surface area contributed by atoms with Gasteiger partial charge in [-0.1, -0.05) is 0 Å². The summed E-state index contributed by atoms with van der Waals surface area (Å²) < 4.78 is 13.1. The standard InChI is InChI=1S/C10H10FNO2/c1-5(13)7-3-8(6(2)14)10(12)4-9(7)11/h3-4H,12H2,1-2H3. The summed E-state index contributed by atoms with van der Waals surface area (Å²) in [6.45, 7) is 2.55. The quantitative estimate of drug-likeness (QED) is 0.578. The van der Waals surface area contributed by atoms with Crippen molar-refractivity contribution in [3.8, 4) is 0 Å². The summed E-state index contributed by atoms with van der Waals surface area (Å²) in [7, 11) is 0. The molecule has 0 amide bonds. The zero-order valence-electron chi connectivity index (χ0n) is 7.93. The number of nitrogens with two attached hydrogens (primary N) is 1. The van der Waals surface area contributed by atoms with E-state index in [-0.39, 0.29) is 22.6 Å². The lowest BCUT2D eigenvalue weighted by atomic mass is 10.0. The van der Waals surface area contributed by atoms with Crippen LogP contribution in [0.25, 0.3) is 0 Å². The predicted octanol–water partition coefficient (Wildman–Crippen LogP) is 1.81. The summed E-state index contributed by atoms with van der Waals surface area (Å²) in [6, 6.07) is 2.18. The van der Waals surface area contributed by atoms with E-state index in [2.05, 4.69) is 0 Å². The van der Waals surface area contributed by atoms with Gasteiger partial charge in [-0.25, -0.2) is 4.39 Å². The smallest absolute Gasteiger partial charge is 0.162 e. The lowest BCUT2D eigenvalue weighted by molar-refractivity contribution is 0.101. The molecule has 14 heavy (non-hydrogen) atoms. The molecule has 0 spiro atoms. The average molecular weight is 195 g/mol. The summed E-state index contributed by atoms with van der Waals surface area (Å²) in [5.41, 5.74) is 5.55. The van der Waals surface area contributed by atoms with Crippen LogP contribution in [-0.4, -0.2) is 11.6 Å². The van der Waals surface area contributed by atoms with Gasteiger partial charge in [0.25, 0.3) is 0 Å². The normalized spacial score (nSPS) is 9.93. The molecule has 0 aliphatic carbocycles. The molecule has 0 unspecified atom stereocenters.